The summed E-state index contributed by atoms with van der Waals surface area (Å²) in [6.45, 7) is 3.63. The lowest BCUT2D eigenvalue weighted by molar-refractivity contribution is -0.150. The van der Waals surface area contributed by atoms with Crippen LogP contribution in [0.4, 0.5) is 11.5 Å². The average Bonchev–Trinajstić information content (AvgIpc) is 3.43. The number of rotatable bonds is 5. The number of aromatic nitrogens is 1. The van der Waals surface area contributed by atoms with E-state index < -0.39 is 20.7 Å². The van der Waals surface area contributed by atoms with Gasteiger partial charge in [-0.05, 0) is 72.7 Å². The Bertz CT molecular complexity index is 1700. The first-order valence-electron chi connectivity index (χ1n) is 13.7. The summed E-state index contributed by atoms with van der Waals surface area (Å²) < 4.78 is 23.8. The molecule has 2 unspecified atom stereocenters. The maximum atomic E-state index is 13.5. The second-order valence-corrected chi connectivity index (χ2v) is 14.0. The van der Waals surface area contributed by atoms with Crippen LogP contribution in [0.1, 0.15) is 55.0 Å². The van der Waals surface area contributed by atoms with Crippen molar-refractivity contribution in [1.29, 1.82) is 0 Å². The van der Waals surface area contributed by atoms with Gasteiger partial charge in [-0.15, -0.1) is 0 Å². The zero-order valence-corrected chi connectivity index (χ0v) is 24.0. The molecule has 1 saturated heterocycles. The predicted molar refractivity (Wildman–Crippen MR) is 154 cm³/mol. The molecule has 0 saturated carbocycles. The third kappa shape index (κ3) is 4.69. The molecule has 1 aliphatic carbocycles. The van der Waals surface area contributed by atoms with Crippen molar-refractivity contribution < 1.29 is 22.8 Å². The number of sulfone groups is 1. The Morgan fingerprint density at radius 2 is 1.80 bits per heavy atom. The highest BCUT2D eigenvalue weighted by Crippen LogP contribution is 2.47. The second kappa shape index (κ2) is 9.51. The van der Waals surface area contributed by atoms with Crippen LogP contribution < -0.4 is 10.6 Å². The number of fused-ring (bicyclic) bond motifs is 3. The lowest BCUT2D eigenvalue weighted by atomic mass is 9.78. The Morgan fingerprint density at radius 1 is 1.07 bits per heavy atom. The van der Waals surface area contributed by atoms with Crippen molar-refractivity contribution in [2.24, 2.45) is 5.41 Å². The summed E-state index contributed by atoms with van der Waals surface area (Å²) in [5, 5.41) is 5.86. The van der Waals surface area contributed by atoms with E-state index in [1.54, 1.807) is 35.4 Å². The molecular formula is C31H32N4O5S. The average molecular weight is 573 g/mol. The maximum Gasteiger partial charge on any atom is 0.244 e. The predicted octanol–water partition coefficient (Wildman–Crippen LogP) is 3.80. The van der Waals surface area contributed by atoms with Crippen LogP contribution in [-0.4, -0.2) is 48.8 Å². The molecule has 1 aromatic heterocycles. The molecule has 0 radical (unpaired) electrons. The van der Waals surface area contributed by atoms with E-state index in [2.05, 4.69) is 15.6 Å². The highest BCUT2D eigenvalue weighted by molar-refractivity contribution is 7.90. The smallest absolute Gasteiger partial charge is 0.244 e. The molecule has 3 amide bonds. The summed E-state index contributed by atoms with van der Waals surface area (Å²) in [5.41, 5.74) is 3.04. The molecule has 3 aliphatic rings. The van der Waals surface area contributed by atoms with E-state index >= 15 is 0 Å². The SMILES string of the molecule is CC1(C)CCC(c2ccc(S(C)(=O)=O)cc2)N(CC(=O)Nc2ccc3c(c2)CC2(C3)C(=O)Nc3ncccc32)C1=O. The molecule has 1 spiro atoms. The number of anilines is 2. The first-order valence-corrected chi connectivity index (χ1v) is 15.6. The van der Waals surface area contributed by atoms with Crippen LogP contribution in [0, 0.1) is 5.41 Å². The van der Waals surface area contributed by atoms with Gasteiger partial charge in [0.15, 0.2) is 9.84 Å². The number of nitrogens with zero attached hydrogens (tertiary/aromatic N) is 2. The quantitative estimate of drug-likeness (QED) is 0.479. The summed E-state index contributed by atoms with van der Waals surface area (Å²) in [5.74, 6) is 0.101. The van der Waals surface area contributed by atoms with Gasteiger partial charge in [-0.3, -0.25) is 14.4 Å². The van der Waals surface area contributed by atoms with Gasteiger partial charge in [-0.25, -0.2) is 13.4 Å². The van der Waals surface area contributed by atoms with Gasteiger partial charge in [0.2, 0.25) is 17.7 Å². The number of hydrogen-bond donors (Lipinski definition) is 2. The van der Waals surface area contributed by atoms with Crippen LogP contribution in [0.15, 0.2) is 65.7 Å². The van der Waals surface area contributed by atoms with Crippen molar-refractivity contribution >= 4 is 39.1 Å². The van der Waals surface area contributed by atoms with Crippen molar-refractivity contribution in [3.05, 3.63) is 83.0 Å². The van der Waals surface area contributed by atoms with Crippen molar-refractivity contribution in [2.75, 3.05) is 23.4 Å². The largest absolute Gasteiger partial charge is 0.326 e. The van der Waals surface area contributed by atoms with Crippen LogP contribution in [0.2, 0.25) is 0 Å². The third-order valence-corrected chi connectivity index (χ3v) is 9.86. The summed E-state index contributed by atoms with van der Waals surface area (Å²) in [4.78, 5) is 45.9. The standard InChI is InChI=1S/C31H32N4O5S/c1-30(2)13-12-25(19-7-10-23(11-8-19)41(3,39)40)35(29(30)38)18-26(36)33-22-9-6-20-16-31(17-21(20)15-22)24-5-4-14-32-27(24)34-28(31)37/h4-11,14-15,25H,12-13,16-18H2,1-3H3,(H,33,36)(H,32,34,37). The fourth-order valence-electron chi connectivity index (χ4n) is 6.46. The number of carbonyl (C=O) groups is 3. The molecule has 9 nitrogen and oxygen atoms in total. The minimum Gasteiger partial charge on any atom is -0.326 e. The Kier molecular flexibility index (Phi) is 6.29. The summed E-state index contributed by atoms with van der Waals surface area (Å²) in [6, 6.07) is 15.7. The summed E-state index contributed by atoms with van der Waals surface area (Å²) in [6.07, 6.45) is 5.21. The van der Waals surface area contributed by atoms with E-state index in [0.29, 0.717) is 37.2 Å². The van der Waals surface area contributed by atoms with Crippen molar-refractivity contribution in [3.8, 4) is 0 Å². The highest BCUT2D eigenvalue weighted by Gasteiger charge is 2.51. The number of hydrogen-bond acceptors (Lipinski definition) is 6. The van der Waals surface area contributed by atoms with E-state index in [4.69, 9.17) is 0 Å². The van der Waals surface area contributed by atoms with Gasteiger partial charge in [0.05, 0.1) is 16.4 Å². The minimum atomic E-state index is -3.35. The van der Waals surface area contributed by atoms with Gasteiger partial charge in [-0.2, -0.15) is 0 Å². The first-order chi connectivity index (χ1) is 19.4. The van der Waals surface area contributed by atoms with Crippen molar-refractivity contribution in [2.45, 2.75) is 55.9 Å². The van der Waals surface area contributed by atoms with E-state index in [9.17, 15) is 22.8 Å². The molecule has 3 heterocycles. The zero-order chi connectivity index (χ0) is 29.2. The normalized spacial score (nSPS) is 22.8. The number of nitrogens with one attached hydrogen (secondary N) is 2. The van der Waals surface area contributed by atoms with Crippen LogP contribution in [0.3, 0.4) is 0 Å². The molecular weight excluding hydrogens is 540 g/mol. The van der Waals surface area contributed by atoms with E-state index in [-0.39, 0.29) is 35.2 Å². The lowest BCUT2D eigenvalue weighted by Crippen LogP contribution is -2.50. The van der Waals surface area contributed by atoms with Crippen molar-refractivity contribution in [1.82, 2.24) is 9.88 Å². The maximum absolute atomic E-state index is 13.5. The molecule has 1 fully saturated rings. The fraction of sp³-hybridized carbons (Fsp3) is 0.355. The number of likely N-dealkylation sites (tertiary alicyclic amines) is 1. The Balaban J connectivity index is 1.20. The second-order valence-electron chi connectivity index (χ2n) is 12.0. The number of pyridine rings is 1. The molecule has 10 heteroatoms. The van der Waals surface area contributed by atoms with E-state index in [0.717, 1.165) is 28.5 Å². The zero-order valence-electron chi connectivity index (χ0n) is 23.2. The molecule has 3 aromatic rings. The van der Waals surface area contributed by atoms with Crippen LogP contribution in [0.5, 0.6) is 0 Å². The monoisotopic (exact) mass is 572 g/mol. The van der Waals surface area contributed by atoms with Gasteiger partial charge in [0.25, 0.3) is 0 Å². The van der Waals surface area contributed by atoms with Gasteiger partial charge >= 0.3 is 0 Å². The number of benzene rings is 2. The molecule has 6 rings (SSSR count). The van der Waals surface area contributed by atoms with E-state index in [1.807, 2.05) is 44.2 Å². The molecule has 2 aromatic carbocycles. The molecule has 41 heavy (non-hydrogen) atoms. The summed E-state index contributed by atoms with van der Waals surface area (Å²) in [7, 11) is -3.35. The van der Waals surface area contributed by atoms with Gasteiger partial charge in [0, 0.05) is 29.1 Å². The van der Waals surface area contributed by atoms with Gasteiger partial charge in [0.1, 0.15) is 12.4 Å². The van der Waals surface area contributed by atoms with Gasteiger partial charge in [-0.1, -0.05) is 38.1 Å². The molecule has 2 N–H and O–H groups in total. The Labute approximate surface area is 239 Å². The highest BCUT2D eigenvalue weighted by atomic mass is 32.2. The molecule has 2 aliphatic heterocycles. The van der Waals surface area contributed by atoms with Crippen LogP contribution in [0.25, 0.3) is 0 Å². The molecule has 2 atom stereocenters. The topological polar surface area (TPSA) is 126 Å². The summed E-state index contributed by atoms with van der Waals surface area (Å²) >= 11 is 0. The van der Waals surface area contributed by atoms with Crippen molar-refractivity contribution in [3.63, 3.8) is 0 Å². The van der Waals surface area contributed by atoms with E-state index in [1.165, 1.54) is 0 Å². The minimum absolute atomic E-state index is 0.0604. The number of piperidine rings is 1. The first kappa shape index (κ1) is 27.1. The Morgan fingerprint density at radius 3 is 2.54 bits per heavy atom. The molecule has 212 valence electrons. The number of carbonyl (C=O) groups excluding carboxylic acids is 3. The third-order valence-electron chi connectivity index (χ3n) is 8.73. The molecule has 0 bridgehead atoms. The Hall–Kier alpha value is -4.05. The van der Waals surface area contributed by atoms with Crippen LogP contribution in [-0.2, 0) is 42.5 Å². The number of amides is 3. The van der Waals surface area contributed by atoms with Gasteiger partial charge < -0.3 is 15.5 Å². The lowest BCUT2D eigenvalue weighted by Gasteiger charge is -2.43. The fourth-order valence-corrected chi connectivity index (χ4v) is 7.09. The van der Waals surface area contributed by atoms with Crippen LogP contribution >= 0.6 is 0 Å².